The highest BCUT2D eigenvalue weighted by Crippen LogP contribution is 2.45. The molecule has 8 nitrogen and oxygen atoms in total. The number of aromatic nitrogens is 2. The lowest BCUT2D eigenvalue weighted by Crippen LogP contribution is -2.46. The normalized spacial score (nSPS) is 27.0. The Morgan fingerprint density at radius 1 is 1.02 bits per heavy atom. The van der Waals surface area contributed by atoms with Gasteiger partial charge in [-0.3, -0.25) is 4.79 Å². The summed E-state index contributed by atoms with van der Waals surface area (Å²) in [6.45, 7) is 4.17. The molecule has 3 fully saturated rings. The van der Waals surface area contributed by atoms with Gasteiger partial charge in [-0.2, -0.15) is 4.98 Å². The van der Waals surface area contributed by atoms with E-state index in [0.717, 1.165) is 42.6 Å². The number of anilines is 4. The maximum atomic E-state index is 15.4. The molecule has 4 aliphatic rings. The van der Waals surface area contributed by atoms with Crippen LogP contribution < -0.4 is 21.3 Å². The quantitative estimate of drug-likeness (QED) is 0.345. The van der Waals surface area contributed by atoms with Crippen LogP contribution in [0.25, 0.3) is 10.2 Å². The first kappa shape index (κ1) is 25.7. The Hall–Kier alpha value is -3.24. The van der Waals surface area contributed by atoms with Gasteiger partial charge < -0.3 is 26.2 Å². The van der Waals surface area contributed by atoms with E-state index in [1.165, 1.54) is 38.4 Å². The van der Waals surface area contributed by atoms with Gasteiger partial charge in [0, 0.05) is 30.9 Å². The first-order valence-electron chi connectivity index (χ1n) is 14.6. The zero-order chi connectivity index (χ0) is 27.2. The topological polar surface area (TPSA) is 99.4 Å². The number of hydrogen-bond acceptors (Lipinski definition) is 8. The molecule has 10 heteroatoms. The second kappa shape index (κ2) is 10.6. The third kappa shape index (κ3) is 4.81. The number of nitrogens with one attached hydrogen (secondary N) is 2. The van der Waals surface area contributed by atoms with Crippen LogP contribution in [0.3, 0.4) is 0 Å². The van der Waals surface area contributed by atoms with Crippen LogP contribution in [0.4, 0.5) is 27.5 Å². The predicted octanol–water partition coefficient (Wildman–Crippen LogP) is 5.12. The third-order valence-corrected chi connectivity index (χ3v) is 10.2. The van der Waals surface area contributed by atoms with Crippen molar-refractivity contribution in [3.63, 3.8) is 0 Å². The molecule has 4 unspecified atom stereocenters. The van der Waals surface area contributed by atoms with Crippen molar-refractivity contribution in [1.82, 2.24) is 14.9 Å². The Bertz CT molecular complexity index is 1430. The number of thiophene rings is 1. The Morgan fingerprint density at radius 2 is 1.82 bits per heavy atom. The molecule has 40 heavy (non-hydrogen) atoms. The minimum atomic E-state index is -0.282. The van der Waals surface area contributed by atoms with Gasteiger partial charge in [0.25, 0.3) is 0 Å². The van der Waals surface area contributed by atoms with Gasteiger partial charge in [-0.05, 0) is 86.7 Å². The number of allylic oxidation sites excluding steroid dienone is 1. The van der Waals surface area contributed by atoms with E-state index < -0.39 is 0 Å². The number of hydrogen-bond donors (Lipinski definition) is 3. The van der Waals surface area contributed by atoms with E-state index in [9.17, 15) is 4.79 Å². The van der Waals surface area contributed by atoms with Crippen LogP contribution in [0.2, 0.25) is 0 Å². The van der Waals surface area contributed by atoms with Crippen LogP contribution in [0.1, 0.15) is 38.5 Å². The highest BCUT2D eigenvalue weighted by molar-refractivity contribution is 7.17. The van der Waals surface area contributed by atoms with Gasteiger partial charge in [-0.15, -0.1) is 11.3 Å². The van der Waals surface area contributed by atoms with Crippen molar-refractivity contribution < 1.29 is 9.18 Å². The Balaban J connectivity index is 1.06. The fourth-order valence-electron chi connectivity index (χ4n) is 7.31. The summed E-state index contributed by atoms with van der Waals surface area (Å²) in [4.78, 5) is 26.5. The van der Waals surface area contributed by atoms with Crippen molar-refractivity contribution in [3.05, 3.63) is 47.6 Å². The number of halogens is 1. The largest absolute Gasteiger partial charge is 0.369 e. The second-order valence-electron chi connectivity index (χ2n) is 11.7. The van der Waals surface area contributed by atoms with Gasteiger partial charge in [-0.25, -0.2) is 9.37 Å². The molecule has 7 rings (SSSR count). The fraction of sp³-hybridized carbons (Fsp3) is 0.500. The monoisotopic (exact) mass is 561 g/mol. The van der Waals surface area contributed by atoms with Gasteiger partial charge in [0.05, 0.1) is 21.8 Å². The van der Waals surface area contributed by atoms with Crippen molar-refractivity contribution >= 4 is 50.6 Å². The summed E-state index contributed by atoms with van der Waals surface area (Å²) >= 11 is 1.55. The minimum absolute atomic E-state index is 0.101. The maximum absolute atomic E-state index is 15.4. The summed E-state index contributed by atoms with van der Waals surface area (Å²) in [5.74, 6) is 0.698. The van der Waals surface area contributed by atoms with E-state index in [4.69, 9.17) is 10.7 Å². The van der Waals surface area contributed by atoms with Gasteiger partial charge in [-0.1, -0.05) is 18.6 Å². The summed E-state index contributed by atoms with van der Waals surface area (Å²) in [7, 11) is 0. The molecular weight excluding hydrogens is 525 g/mol. The number of primary amides is 1. The van der Waals surface area contributed by atoms with Crippen LogP contribution in [-0.2, 0) is 4.79 Å². The van der Waals surface area contributed by atoms with E-state index in [-0.39, 0.29) is 35.5 Å². The number of fused-ring (bicyclic) bond motifs is 3. The van der Waals surface area contributed by atoms with Crippen molar-refractivity contribution in [2.45, 2.75) is 50.6 Å². The highest BCUT2D eigenvalue weighted by Gasteiger charge is 2.47. The number of carbonyl (C=O) groups is 1. The third-order valence-electron chi connectivity index (χ3n) is 9.31. The standard InChI is InChI=1S/C30H36FN7OS/c31-22-17-20(6-7-24(22)38-13-8-21(9-14-38)37-11-2-1-3-12-37)33-30-34-23-10-15-40-27(23)29(36-30)35-26-19-5-4-18(16-19)25(26)28(32)39/h4-7,10,15,17-19,21,25-26H,1-3,8-9,11-14,16H2,(H2,32,39)(H2,33,34,35,36). The van der Waals surface area contributed by atoms with E-state index in [0.29, 0.717) is 29.2 Å². The van der Waals surface area contributed by atoms with Crippen molar-refractivity contribution in [2.75, 3.05) is 41.7 Å². The number of benzene rings is 1. The summed E-state index contributed by atoms with van der Waals surface area (Å²) in [6.07, 6.45) is 11.3. The molecule has 210 valence electrons. The molecule has 4 atom stereocenters. The summed E-state index contributed by atoms with van der Waals surface area (Å²) in [5.41, 5.74) is 7.83. The SMILES string of the molecule is NC(=O)C1C2C=CC(C2)C1Nc1nc(Nc2ccc(N3CCC(N4CCCCC4)CC3)c(F)c2)nc2ccsc12. The first-order chi connectivity index (χ1) is 19.5. The van der Waals surface area contributed by atoms with Crippen LogP contribution in [-0.4, -0.2) is 59.0 Å². The number of nitrogens with zero attached hydrogens (tertiary/aromatic N) is 4. The molecule has 2 aliphatic heterocycles. The average molecular weight is 562 g/mol. The summed E-state index contributed by atoms with van der Waals surface area (Å²) in [6, 6.07) is 7.76. The highest BCUT2D eigenvalue weighted by atomic mass is 32.1. The van der Waals surface area contributed by atoms with Gasteiger partial charge in [0.15, 0.2) is 0 Å². The lowest BCUT2D eigenvalue weighted by Gasteiger charge is -2.41. The smallest absolute Gasteiger partial charge is 0.229 e. The molecule has 1 aromatic carbocycles. The molecule has 4 N–H and O–H groups in total. The van der Waals surface area contributed by atoms with Crippen molar-refractivity contribution in [3.8, 4) is 0 Å². The first-order valence-corrected chi connectivity index (χ1v) is 15.5. The van der Waals surface area contributed by atoms with E-state index >= 15 is 4.39 Å². The van der Waals surface area contributed by atoms with E-state index in [2.05, 4.69) is 37.6 Å². The van der Waals surface area contributed by atoms with Crippen LogP contribution in [0, 0.1) is 23.6 Å². The van der Waals surface area contributed by atoms with Crippen LogP contribution >= 0.6 is 11.3 Å². The van der Waals surface area contributed by atoms with Crippen LogP contribution in [0.15, 0.2) is 41.8 Å². The molecule has 4 heterocycles. The molecule has 2 aromatic heterocycles. The Kier molecular flexibility index (Phi) is 6.83. The average Bonchev–Trinajstić information content (AvgIpc) is 3.71. The van der Waals surface area contributed by atoms with Gasteiger partial charge >= 0.3 is 0 Å². The van der Waals surface area contributed by atoms with Crippen molar-refractivity contribution in [2.24, 2.45) is 23.5 Å². The van der Waals surface area contributed by atoms with Gasteiger partial charge in [0.1, 0.15) is 11.6 Å². The number of rotatable bonds is 7. The zero-order valence-electron chi connectivity index (χ0n) is 22.6. The Labute approximate surface area is 237 Å². The number of likely N-dealkylation sites (tertiary alicyclic amines) is 1. The molecule has 2 bridgehead atoms. The maximum Gasteiger partial charge on any atom is 0.229 e. The summed E-state index contributed by atoms with van der Waals surface area (Å²) < 4.78 is 16.3. The number of carbonyl (C=O) groups excluding carboxylic acids is 1. The summed E-state index contributed by atoms with van der Waals surface area (Å²) in [5, 5.41) is 8.72. The van der Waals surface area contributed by atoms with Gasteiger partial charge in [0.2, 0.25) is 11.9 Å². The molecule has 0 spiro atoms. The molecular formula is C30H36FN7OS. The zero-order valence-corrected chi connectivity index (χ0v) is 23.4. The van der Waals surface area contributed by atoms with Crippen molar-refractivity contribution in [1.29, 1.82) is 0 Å². The Morgan fingerprint density at radius 3 is 2.60 bits per heavy atom. The number of piperidine rings is 2. The number of amides is 1. The molecule has 2 saturated heterocycles. The molecule has 1 amide bonds. The van der Waals surface area contributed by atoms with Crippen LogP contribution in [0.5, 0.6) is 0 Å². The molecule has 0 radical (unpaired) electrons. The molecule has 2 aliphatic carbocycles. The minimum Gasteiger partial charge on any atom is -0.369 e. The lowest BCUT2D eigenvalue weighted by atomic mass is 9.88. The fourth-order valence-corrected chi connectivity index (χ4v) is 8.09. The number of nitrogens with two attached hydrogens (primary N) is 1. The molecule has 1 saturated carbocycles. The second-order valence-corrected chi connectivity index (χ2v) is 12.6. The van der Waals surface area contributed by atoms with E-state index in [1.807, 2.05) is 23.6 Å². The van der Waals surface area contributed by atoms with E-state index in [1.54, 1.807) is 11.3 Å². The predicted molar refractivity (Wildman–Crippen MR) is 159 cm³/mol. The molecule has 3 aromatic rings. The lowest BCUT2D eigenvalue weighted by molar-refractivity contribution is -0.122.